The van der Waals surface area contributed by atoms with Gasteiger partial charge in [0.05, 0.1) is 13.2 Å². The van der Waals surface area contributed by atoms with E-state index >= 15 is 4.39 Å². The van der Waals surface area contributed by atoms with Crippen LogP contribution in [0.3, 0.4) is 0 Å². The molecule has 30 heavy (non-hydrogen) atoms. The van der Waals surface area contributed by atoms with Crippen molar-refractivity contribution in [2.24, 2.45) is 0 Å². The summed E-state index contributed by atoms with van der Waals surface area (Å²) in [5, 5.41) is 2.68. The Kier molecular flexibility index (Phi) is 5.48. The maximum absolute atomic E-state index is 15.3. The predicted octanol–water partition coefficient (Wildman–Crippen LogP) is 2.82. The number of carbonyl (C=O) groups excluding carboxylic acids is 1. The van der Waals surface area contributed by atoms with E-state index in [-0.39, 0.29) is 32.7 Å². The van der Waals surface area contributed by atoms with Crippen molar-refractivity contribution >= 4 is 21.7 Å². The summed E-state index contributed by atoms with van der Waals surface area (Å²) in [5.41, 5.74) is -1.19. The Morgan fingerprint density at radius 1 is 1.10 bits per heavy atom. The Morgan fingerprint density at radius 2 is 1.80 bits per heavy atom. The molecule has 2 aromatic carbocycles. The lowest BCUT2D eigenvalue weighted by atomic mass is 9.99. The molecule has 2 atom stereocenters. The van der Waals surface area contributed by atoms with E-state index in [4.69, 9.17) is 4.74 Å². The molecule has 2 fully saturated rings. The number of amides is 2. The van der Waals surface area contributed by atoms with Crippen LogP contribution in [-0.4, -0.2) is 61.8 Å². The minimum absolute atomic E-state index is 0.00961. The van der Waals surface area contributed by atoms with Gasteiger partial charge in [-0.3, -0.25) is 0 Å². The third kappa shape index (κ3) is 3.55. The van der Waals surface area contributed by atoms with E-state index in [0.29, 0.717) is 5.69 Å². The molecule has 0 aliphatic carbocycles. The molecule has 4 rings (SSSR count). The van der Waals surface area contributed by atoms with Crippen LogP contribution in [-0.2, 0) is 14.8 Å². The van der Waals surface area contributed by atoms with Gasteiger partial charge in [-0.15, -0.1) is 0 Å². The minimum Gasteiger partial charge on any atom is -0.355 e. The van der Waals surface area contributed by atoms with Crippen LogP contribution in [0.1, 0.15) is 6.42 Å². The Morgan fingerprint density at radius 3 is 2.50 bits per heavy atom. The van der Waals surface area contributed by atoms with Gasteiger partial charge < -0.3 is 15.0 Å². The number of alkyl halides is 1. The smallest absolute Gasteiger partial charge is 0.321 e. The van der Waals surface area contributed by atoms with E-state index in [2.05, 4.69) is 5.32 Å². The van der Waals surface area contributed by atoms with E-state index in [1.165, 1.54) is 17.0 Å². The average molecular weight is 437 g/mol. The van der Waals surface area contributed by atoms with Crippen LogP contribution in [0.2, 0.25) is 0 Å². The minimum atomic E-state index is -4.32. The largest absolute Gasteiger partial charge is 0.355 e. The summed E-state index contributed by atoms with van der Waals surface area (Å²) in [6, 6.07) is 13.2. The van der Waals surface area contributed by atoms with Gasteiger partial charge in [0.2, 0.25) is 10.0 Å². The summed E-state index contributed by atoms with van der Waals surface area (Å²) >= 11 is 0. The number of nitrogens with one attached hydrogen (secondary N) is 1. The highest BCUT2D eigenvalue weighted by molar-refractivity contribution is 7.89. The average Bonchev–Trinajstić information content (AvgIpc) is 3.17. The van der Waals surface area contributed by atoms with Crippen LogP contribution in [0.15, 0.2) is 59.5 Å². The summed E-state index contributed by atoms with van der Waals surface area (Å²) in [7, 11) is -4.32. The lowest BCUT2D eigenvalue weighted by molar-refractivity contribution is -0.135. The number of para-hydroxylation sites is 1. The number of halogens is 2. The second-order valence-corrected chi connectivity index (χ2v) is 8.99. The maximum Gasteiger partial charge on any atom is 0.321 e. The van der Waals surface area contributed by atoms with Crippen molar-refractivity contribution in [3.8, 4) is 0 Å². The number of anilines is 1. The van der Waals surface area contributed by atoms with Gasteiger partial charge in [0, 0.05) is 25.2 Å². The topological polar surface area (TPSA) is 79.0 Å². The Hall–Kier alpha value is -2.56. The first-order valence-electron chi connectivity index (χ1n) is 9.51. The van der Waals surface area contributed by atoms with Crippen LogP contribution in [0.25, 0.3) is 0 Å². The second-order valence-electron chi connectivity index (χ2n) is 7.16. The maximum atomic E-state index is 15.3. The van der Waals surface area contributed by atoms with Crippen LogP contribution in [0.4, 0.5) is 19.3 Å². The fraction of sp³-hybridized carbons (Fsp3) is 0.350. The Balaban J connectivity index is 1.54. The highest BCUT2D eigenvalue weighted by atomic mass is 32.2. The van der Waals surface area contributed by atoms with E-state index in [1.54, 1.807) is 30.3 Å². The quantitative estimate of drug-likeness (QED) is 0.801. The standard InChI is InChI=1S/C20H21F2N3O4S/c21-16-8-4-5-9-17(16)30(27,28)25-12-13-29-20(25)10-11-24(14-18(20)22)19(26)23-15-6-2-1-3-7-15/h1-9,18H,10-14H2,(H,23,26). The van der Waals surface area contributed by atoms with Crippen molar-refractivity contribution in [3.05, 3.63) is 60.4 Å². The number of carbonyl (C=O) groups is 1. The molecule has 2 aromatic rings. The zero-order valence-electron chi connectivity index (χ0n) is 16.0. The van der Waals surface area contributed by atoms with Crippen molar-refractivity contribution in [2.75, 3.05) is 31.6 Å². The molecule has 0 aromatic heterocycles. The van der Waals surface area contributed by atoms with Crippen LogP contribution in [0.5, 0.6) is 0 Å². The van der Waals surface area contributed by atoms with Gasteiger partial charge in [-0.2, -0.15) is 4.31 Å². The first-order valence-corrected chi connectivity index (χ1v) is 10.9. The molecule has 2 saturated heterocycles. The number of urea groups is 1. The van der Waals surface area contributed by atoms with Gasteiger partial charge in [-0.25, -0.2) is 22.0 Å². The number of nitrogens with zero attached hydrogens (tertiary/aromatic N) is 2. The predicted molar refractivity (Wildman–Crippen MR) is 106 cm³/mol. The number of sulfonamides is 1. The molecular formula is C20H21F2N3O4S. The monoisotopic (exact) mass is 437 g/mol. The summed E-state index contributed by atoms with van der Waals surface area (Å²) in [6.07, 6.45) is -1.86. The van der Waals surface area contributed by atoms with Gasteiger partial charge >= 0.3 is 6.03 Å². The number of rotatable bonds is 3. The van der Waals surface area contributed by atoms with Gasteiger partial charge in [-0.1, -0.05) is 30.3 Å². The van der Waals surface area contributed by atoms with Gasteiger partial charge in [0.15, 0.2) is 11.9 Å². The normalized spacial score (nSPS) is 24.9. The van der Waals surface area contributed by atoms with Gasteiger partial charge in [0.25, 0.3) is 0 Å². The fourth-order valence-electron chi connectivity index (χ4n) is 3.89. The molecule has 2 aliphatic heterocycles. The van der Waals surface area contributed by atoms with Crippen LogP contribution in [0, 0.1) is 5.82 Å². The Bertz CT molecular complexity index is 1040. The van der Waals surface area contributed by atoms with E-state index in [1.807, 2.05) is 0 Å². The first-order chi connectivity index (χ1) is 14.3. The molecule has 2 aliphatic rings. The molecule has 10 heteroatoms. The number of ether oxygens (including phenoxy) is 1. The SMILES string of the molecule is O=C(Nc1ccccc1)N1CCC2(OCCN2S(=O)(=O)c2ccccc2F)C(F)C1. The number of likely N-dealkylation sites (tertiary alicyclic amines) is 1. The second kappa shape index (κ2) is 7.93. The zero-order valence-corrected chi connectivity index (χ0v) is 16.8. The van der Waals surface area contributed by atoms with Gasteiger partial charge in [0.1, 0.15) is 10.7 Å². The van der Waals surface area contributed by atoms with Crippen molar-refractivity contribution in [1.82, 2.24) is 9.21 Å². The molecule has 0 radical (unpaired) electrons. The summed E-state index contributed by atoms with van der Waals surface area (Å²) in [5.74, 6) is -0.908. The molecule has 2 amide bonds. The third-order valence-corrected chi connectivity index (χ3v) is 7.35. The van der Waals surface area contributed by atoms with E-state index < -0.39 is 38.7 Å². The highest BCUT2D eigenvalue weighted by Gasteiger charge is 2.57. The molecule has 0 bridgehead atoms. The summed E-state index contributed by atoms with van der Waals surface area (Å²) in [6.45, 7) is -0.359. The number of hydrogen-bond donors (Lipinski definition) is 1. The van der Waals surface area contributed by atoms with Crippen molar-refractivity contribution in [2.45, 2.75) is 23.2 Å². The summed E-state index contributed by atoms with van der Waals surface area (Å²) in [4.78, 5) is 13.2. The van der Waals surface area contributed by atoms with Crippen molar-refractivity contribution in [1.29, 1.82) is 0 Å². The summed E-state index contributed by atoms with van der Waals surface area (Å²) < 4.78 is 62.2. The van der Waals surface area contributed by atoms with Crippen molar-refractivity contribution < 1.29 is 26.7 Å². The molecule has 2 heterocycles. The molecule has 1 spiro atoms. The molecular weight excluding hydrogens is 416 g/mol. The van der Waals surface area contributed by atoms with E-state index in [0.717, 1.165) is 16.4 Å². The number of benzene rings is 2. The molecule has 0 saturated carbocycles. The molecule has 160 valence electrons. The zero-order chi connectivity index (χ0) is 21.4. The Labute approximate surface area is 173 Å². The molecule has 7 nitrogen and oxygen atoms in total. The van der Waals surface area contributed by atoms with Crippen LogP contribution >= 0.6 is 0 Å². The lowest BCUT2D eigenvalue weighted by Crippen LogP contribution is -2.63. The number of piperidine rings is 1. The van der Waals surface area contributed by atoms with Crippen molar-refractivity contribution in [3.63, 3.8) is 0 Å². The van der Waals surface area contributed by atoms with Crippen LogP contribution < -0.4 is 5.32 Å². The highest BCUT2D eigenvalue weighted by Crippen LogP contribution is 2.40. The van der Waals surface area contributed by atoms with Gasteiger partial charge in [-0.05, 0) is 24.3 Å². The fourth-order valence-corrected chi connectivity index (χ4v) is 5.68. The molecule has 2 unspecified atom stereocenters. The lowest BCUT2D eigenvalue weighted by Gasteiger charge is -2.44. The number of hydrogen-bond acceptors (Lipinski definition) is 4. The molecule has 1 N–H and O–H groups in total. The third-order valence-electron chi connectivity index (χ3n) is 5.40. The first kappa shape index (κ1) is 20.7. The van der Waals surface area contributed by atoms with E-state index in [9.17, 15) is 17.6 Å².